The Labute approximate surface area is 345 Å². The van der Waals surface area contributed by atoms with Gasteiger partial charge in [-0.25, -0.2) is 0 Å². The van der Waals surface area contributed by atoms with Crippen LogP contribution in [0.1, 0.15) is 25.0 Å². The van der Waals surface area contributed by atoms with E-state index in [2.05, 4.69) is 231 Å². The van der Waals surface area contributed by atoms with Gasteiger partial charge in [-0.15, -0.1) is 0 Å². The second kappa shape index (κ2) is 13.9. The van der Waals surface area contributed by atoms with E-state index in [1.807, 2.05) is 0 Å². The molecule has 0 aliphatic heterocycles. The number of furan rings is 1. The zero-order valence-corrected chi connectivity index (χ0v) is 33.1. The highest BCUT2D eigenvalue weighted by atomic mass is 16.3. The van der Waals surface area contributed by atoms with Crippen LogP contribution in [0.5, 0.6) is 0 Å². The van der Waals surface area contributed by atoms with Crippen LogP contribution < -0.4 is 4.90 Å². The lowest BCUT2D eigenvalue weighted by Gasteiger charge is -2.26. The molecule has 0 N–H and O–H groups in total. The van der Waals surface area contributed by atoms with E-state index in [-0.39, 0.29) is 5.41 Å². The number of hydrogen-bond acceptors (Lipinski definition) is 2. The standard InChI is InChI=1S/C57H41NO/c1-57(2)50-21-13-12-20-48(50)55-51(57)37-53-56(54(55)44-18-10-5-11-19-44)49-35-34-47(36-52(49)59-53)58(45-30-26-42(27-31-45)39-16-8-4-9-17-39)46-32-28-43(29-33-46)41-24-22-40(23-25-41)38-14-6-3-7-15-38/h3-37H,1-2H3. The third-order valence-corrected chi connectivity index (χ3v) is 12.3. The van der Waals surface area contributed by atoms with Crippen molar-refractivity contribution in [3.63, 3.8) is 0 Å². The van der Waals surface area contributed by atoms with Gasteiger partial charge in [0.15, 0.2) is 0 Å². The van der Waals surface area contributed by atoms with Crippen LogP contribution in [0.25, 0.3) is 77.6 Å². The van der Waals surface area contributed by atoms with E-state index in [0.717, 1.165) is 39.0 Å². The molecule has 1 heterocycles. The average Bonchev–Trinajstić information content (AvgIpc) is 3.78. The van der Waals surface area contributed by atoms with Crippen LogP contribution in [-0.2, 0) is 5.41 Å². The maximum absolute atomic E-state index is 6.96. The minimum Gasteiger partial charge on any atom is -0.456 e. The normalized spacial score (nSPS) is 12.7. The van der Waals surface area contributed by atoms with Crippen molar-refractivity contribution in [2.45, 2.75) is 19.3 Å². The predicted molar refractivity (Wildman–Crippen MR) is 248 cm³/mol. The van der Waals surface area contributed by atoms with Crippen molar-refractivity contribution in [3.05, 3.63) is 223 Å². The Morgan fingerprint density at radius 3 is 1.34 bits per heavy atom. The Balaban J connectivity index is 1.05. The van der Waals surface area contributed by atoms with E-state index >= 15 is 0 Å². The summed E-state index contributed by atoms with van der Waals surface area (Å²) in [6.07, 6.45) is 0. The Kier molecular flexibility index (Phi) is 8.20. The highest BCUT2D eigenvalue weighted by molar-refractivity contribution is 6.18. The van der Waals surface area contributed by atoms with Crippen LogP contribution in [0.4, 0.5) is 17.1 Å². The Morgan fingerprint density at radius 1 is 0.356 bits per heavy atom. The monoisotopic (exact) mass is 755 g/mol. The molecule has 9 aromatic carbocycles. The van der Waals surface area contributed by atoms with Crippen LogP contribution in [0, 0.1) is 0 Å². The first kappa shape index (κ1) is 34.8. The molecule has 0 unspecified atom stereocenters. The molecule has 0 atom stereocenters. The molecular weight excluding hydrogens is 715 g/mol. The number of nitrogens with zero attached hydrogens (tertiary/aromatic N) is 1. The summed E-state index contributed by atoms with van der Waals surface area (Å²) in [5, 5.41) is 2.27. The fourth-order valence-corrected chi connectivity index (χ4v) is 9.29. The van der Waals surface area contributed by atoms with Gasteiger partial charge >= 0.3 is 0 Å². The molecule has 1 aromatic heterocycles. The molecule has 2 nitrogen and oxygen atoms in total. The largest absolute Gasteiger partial charge is 0.456 e. The van der Waals surface area contributed by atoms with Gasteiger partial charge in [0.25, 0.3) is 0 Å². The molecule has 0 bridgehead atoms. The van der Waals surface area contributed by atoms with Crippen LogP contribution in [0.2, 0.25) is 0 Å². The van der Waals surface area contributed by atoms with Gasteiger partial charge in [-0.3, -0.25) is 0 Å². The van der Waals surface area contributed by atoms with Crippen LogP contribution >= 0.6 is 0 Å². The topological polar surface area (TPSA) is 16.4 Å². The molecule has 11 rings (SSSR count). The molecule has 59 heavy (non-hydrogen) atoms. The lowest BCUT2D eigenvalue weighted by atomic mass is 9.81. The molecule has 0 fully saturated rings. The maximum atomic E-state index is 6.96. The van der Waals surface area contributed by atoms with Gasteiger partial charge in [-0.2, -0.15) is 0 Å². The molecular formula is C57H41NO. The average molecular weight is 756 g/mol. The molecule has 0 saturated carbocycles. The summed E-state index contributed by atoms with van der Waals surface area (Å²) in [4.78, 5) is 2.33. The predicted octanol–water partition coefficient (Wildman–Crippen LogP) is 16.0. The molecule has 0 radical (unpaired) electrons. The first-order valence-corrected chi connectivity index (χ1v) is 20.4. The lowest BCUT2D eigenvalue weighted by Crippen LogP contribution is -2.14. The van der Waals surface area contributed by atoms with Gasteiger partial charge in [0.1, 0.15) is 11.2 Å². The van der Waals surface area contributed by atoms with Gasteiger partial charge in [0.05, 0.1) is 0 Å². The third kappa shape index (κ3) is 5.87. The maximum Gasteiger partial charge on any atom is 0.137 e. The summed E-state index contributed by atoms with van der Waals surface area (Å²) < 4.78 is 6.96. The molecule has 2 heteroatoms. The zero-order valence-electron chi connectivity index (χ0n) is 33.1. The van der Waals surface area contributed by atoms with Crippen molar-refractivity contribution in [3.8, 4) is 55.6 Å². The second-order valence-corrected chi connectivity index (χ2v) is 16.1. The number of anilines is 3. The highest BCUT2D eigenvalue weighted by Gasteiger charge is 2.38. The van der Waals surface area contributed by atoms with E-state index in [9.17, 15) is 0 Å². The molecule has 0 amide bonds. The Hall–Kier alpha value is -7.42. The van der Waals surface area contributed by atoms with Crippen molar-refractivity contribution in [1.29, 1.82) is 0 Å². The van der Waals surface area contributed by atoms with Crippen LogP contribution in [0.15, 0.2) is 217 Å². The first-order chi connectivity index (χ1) is 29.0. The summed E-state index contributed by atoms with van der Waals surface area (Å²) in [6.45, 7) is 4.68. The number of fused-ring (bicyclic) bond motifs is 6. The van der Waals surface area contributed by atoms with Crippen molar-refractivity contribution < 1.29 is 4.42 Å². The van der Waals surface area contributed by atoms with E-state index in [4.69, 9.17) is 4.42 Å². The summed E-state index contributed by atoms with van der Waals surface area (Å²) in [5.74, 6) is 0. The second-order valence-electron chi connectivity index (χ2n) is 16.1. The van der Waals surface area contributed by atoms with Crippen molar-refractivity contribution in [2.75, 3.05) is 4.90 Å². The summed E-state index contributed by atoms with van der Waals surface area (Å²) in [5.41, 5.74) is 19.7. The van der Waals surface area contributed by atoms with Gasteiger partial charge in [0.2, 0.25) is 0 Å². The molecule has 10 aromatic rings. The highest BCUT2D eigenvalue weighted by Crippen LogP contribution is 2.55. The van der Waals surface area contributed by atoms with E-state index in [1.54, 1.807) is 0 Å². The number of benzene rings is 9. The first-order valence-electron chi connectivity index (χ1n) is 20.4. The molecule has 1 aliphatic rings. The van der Waals surface area contributed by atoms with Gasteiger partial charge in [0, 0.05) is 44.9 Å². The van der Waals surface area contributed by atoms with Gasteiger partial charge in [-0.1, -0.05) is 178 Å². The van der Waals surface area contributed by atoms with E-state index in [1.165, 1.54) is 66.8 Å². The summed E-state index contributed by atoms with van der Waals surface area (Å²) >= 11 is 0. The fraction of sp³-hybridized carbons (Fsp3) is 0.0526. The van der Waals surface area contributed by atoms with Crippen LogP contribution in [-0.4, -0.2) is 0 Å². The van der Waals surface area contributed by atoms with E-state index in [0.29, 0.717) is 0 Å². The Bertz CT molecular complexity index is 3130. The summed E-state index contributed by atoms with van der Waals surface area (Å²) in [7, 11) is 0. The van der Waals surface area contributed by atoms with Gasteiger partial charge in [-0.05, 0) is 104 Å². The SMILES string of the molecule is CC1(C)c2ccccc2-c2c1cc1oc3cc(N(c4ccc(-c5ccccc5)cc4)c4ccc(-c5ccc(-c6ccccc6)cc5)cc4)ccc3c1c2-c1ccccc1. The minimum absolute atomic E-state index is 0.160. The quantitative estimate of drug-likeness (QED) is 0.161. The van der Waals surface area contributed by atoms with Gasteiger partial charge < -0.3 is 9.32 Å². The van der Waals surface area contributed by atoms with E-state index < -0.39 is 0 Å². The van der Waals surface area contributed by atoms with Crippen molar-refractivity contribution in [1.82, 2.24) is 0 Å². The molecule has 280 valence electrons. The Morgan fingerprint density at radius 2 is 0.797 bits per heavy atom. The lowest BCUT2D eigenvalue weighted by molar-refractivity contribution is 0.647. The van der Waals surface area contributed by atoms with Crippen molar-refractivity contribution in [2.24, 2.45) is 0 Å². The third-order valence-electron chi connectivity index (χ3n) is 12.3. The zero-order chi connectivity index (χ0) is 39.5. The molecule has 0 saturated heterocycles. The summed E-state index contributed by atoms with van der Waals surface area (Å²) in [6, 6.07) is 76.5. The number of hydrogen-bond donors (Lipinski definition) is 0. The smallest absolute Gasteiger partial charge is 0.137 e. The molecule has 0 spiro atoms. The molecule has 1 aliphatic carbocycles. The van der Waals surface area contributed by atoms with Crippen molar-refractivity contribution >= 4 is 39.0 Å². The van der Waals surface area contributed by atoms with Crippen LogP contribution in [0.3, 0.4) is 0 Å². The number of rotatable bonds is 7. The minimum atomic E-state index is -0.160. The fourth-order valence-electron chi connectivity index (χ4n) is 9.29.